The van der Waals surface area contributed by atoms with Crippen LogP contribution in [0.3, 0.4) is 0 Å². The minimum atomic E-state index is -0.595. The quantitative estimate of drug-likeness (QED) is 0.288. The first-order valence-electron chi connectivity index (χ1n) is 10.4. The lowest BCUT2D eigenvalue weighted by molar-refractivity contribution is -0.117. The number of hydrogen-bond donors (Lipinski definition) is 1. The molecule has 0 saturated carbocycles. The van der Waals surface area contributed by atoms with Crippen LogP contribution in [-0.2, 0) is 9.53 Å². The van der Waals surface area contributed by atoms with Gasteiger partial charge in [-0.05, 0) is 55.8 Å². The second-order valence-corrected chi connectivity index (χ2v) is 6.82. The fourth-order valence-electron chi connectivity index (χ4n) is 2.95. The number of nitrogens with zero attached hydrogens (tertiary/aromatic N) is 3. The maximum absolute atomic E-state index is 13.2. The summed E-state index contributed by atoms with van der Waals surface area (Å²) in [6.07, 6.45) is 3.36. The van der Waals surface area contributed by atoms with Gasteiger partial charge in [0.1, 0.15) is 34.4 Å². The minimum Gasteiger partial charge on any atom is -0.497 e. The largest absolute Gasteiger partial charge is 0.497 e. The van der Waals surface area contributed by atoms with Crippen molar-refractivity contribution in [3.05, 3.63) is 70.2 Å². The molecule has 170 valence electrons. The molecule has 0 bridgehead atoms. The normalized spacial score (nSPS) is 11.1. The third-order valence-corrected chi connectivity index (χ3v) is 4.62. The van der Waals surface area contributed by atoms with Gasteiger partial charge in [0.2, 0.25) is 5.88 Å². The number of fused-ring (bicyclic) bond motifs is 1. The lowest BCUT2D eigenvalue weighted by atomic mass is 10.1. The molecule has 1 N–H and O–H groups in total. The summed E-state index contributed by atoms with van der Waals surface area (Å²) in [4.78, 5) is 30.1. The molecule has 1 aromatic carbocycles. The third kappa shape index (κ3) is 5.96. The molecule has 0 unspecified atom stereocenters. The summed E-state index contributed by atoms with van der Waals surface area (Å²) >= 11 is 0. The van der Waals surface area contributed by atoms with Crippen molar-refractivity contribution < 1.29 is 19.0 Å². The number of amides is 1. The highest BCUT2D eigenvalue weighted by molar-refractivity contribution is 6.01. The van der Waals surface area contributed by atoms with Crippen molar-refractivity contribution in [1.29, 1.82) is 5.26 Å². The van der Waals surface area contributed by atoms with Gasteiger partial charge in [0.25, 0.3) is 11.5 Å². The van der Waals surface area contributed by atoms with Crippen LogP contribution in [-0.4, -0.2) is 42.2 Å². The van der Waals surface area contributed by atoms with Crippen molar-refractivity contribution in [1.82, 2.24) is 14.7 Å². The van der Waals surface area contributed by atoms with E-state index < -0.39 is 11.5 Å². The number of nitriles is 1. The van der Waals surface area contributed by atoms with Crippen LogP contribution < -0.4 is 20.3 Å². The Morgan fingerprint density at radius 3 is 2.67 bits per heavy atom. The van der Waals surface area contributed by atoms with Gasteiger partial charge in [-0.1, -0.05) is 6.07 Å². The second-order valence-electron chi connectivity index (χ2n) is 6.82. The lowest BCUT2D eigenvalue weighted by Crippen LogP contribution is -2.27. The summed E-state index contributed by atoms with van der Waals surface area (Å²) in [7, 11) is 1.55. The standard InChI is InChI=1S/C24H24N4O5/c1-3-32-14-6-12-26-22(29)17(16-25)15-20-23(33-19-10-8-18(31-2)9-11-19)27-21-7-4-5-13-28(21)24(20)30/h4-5,7-11,13,15H,3,6,12,14H2,1-2H3,(H,26,29). The minimum absolute atomic E-state index is 0.0180. The first-order chi connectivity index (χ1) is 16.1. The molecule has 9 heteroatoms. The highest BCUT2D eigenvalue weighted by atomic mass is 16.5. The molecule has 0 aliphatic carbocycles. The Hall–Kier alpha value is -4.16. The van der Waals surface area contributed by atoms with E-state index in [1.54, 1.807) is 55.8 Å². The Balaban J connectivity index is 1.97. The van der Waals surface area contributed by atoms with Crippen LogP contribution in [0, 0.1) is 11.3 Å². The molecule has 1 amide bonds. The van der Waals surface area contributed by atoms with Gasteiger partial charge in [0, 0.05) is 26.0 Å². The maximum atomic E-state index is 13.2. The molecule has 9 nitrogen and oxygen atoms in total. The number of carbonyl (C=O) groups excluding carboxylic acids is 1. The molecule has 2 heterocycles. The molecule has 0 fully saturated rings. The Morgan fingerprint density at radius 2 is 1.97 bits per heavy atom. The summed E-state index contributed by atoms with van der Waals surface area (Å²) in [6.45, 7) is 3.31. The predicted molar refractivity (Wildman–Crippen MR) is 122 cm³/mol. The van der Waals surface area contributed by atoms with E-state index in [1.807, 2.05) is 13.0 Å². The number of pyridine rings is 1. The van der Waals surface area contributed by atoms with E-state index in [2.05, 4.69) is 10.3 Å². The molecule has 33 heavy (non-hydrogen) atoms. The Morgan fingerprint density at radius 1 is 1.21 bits per heavy atom. The average Bonchev–Trinajstić information content (AvgIpc) is 2.84. The molecule has 3 aromatic rings. The molecule has 2 aromatic heterocycles. The van der Waals surface area contributed by atoms with Crippen molar-refractivity contribution in [2.24, 2.45) is 0 Å². The predicted octanol–water partition coefficient (Wildman–Crippen LogP) is 2.95. The summed E-state index contributed by atoms with van der Waals surface area (Å²) in [5.74, 6) is 0.438. The Labute approximate surface area is 190 Å². The fourth-order valence-corrected chi connectivity index (χ4v) is 2.95. The number of hydrogen-bond acceptors (Lipinski definition) is 7. The van der Waals surface area contributed by atoms with Gasteiger partial charge >= 0.3 is 0 Å². The molecule has 0 radical (unpaired) electrons. The zero-order chi connectivity index (χ0) is 23.6. The summed E-state index contributed by atoms with van der Waals surface area (Å²) in [5.41, 5.74) is -0.362. The van der Waals surface area contributed by atoms with Crippen molar-refractivity contribution >= 4 is 17.6 Å². The number of aromatic nitrogens is 2. The summed E-state index contributed by atoms with van der Waals surface area (Å²) in [5, 5.41) is 12.2. The summed E-state index contributed by atoms with van der Waals surface area (Å²) < 4.78 is 17.6. The molecular weight excluding hydrogens is 424 g/mol. The fraction of sp³-hybridized carbons (Fsp3) is 0.250. The number of nitrogens with one attached hydrogen (secondary N) is 1. The van der Waals surface area contributed by atoms with Gasteiger partial charge in [-0.2, -0.15) is 10.2 Å². The van der Waals surface area contributed by atoms with Crippen LogP contribution in [0.5, 0.6) is 17.4 Å². The van der Waals surface area contributed by atoms with E-state index in [1.165, 1.54) is 10.5 Å². The van der Waals surface area contributed by atoms with Gasteiger partial charge in [-0.25, -0.2) is 0 Å². The number of benzene rings is 1. The zero-order valence-electron chi connectivity index (χ0n) is 18.4. The Kier molecular flexibility index (Phi) is 8.16. The number of carbonyl (C=O) groups is 1. The first-order valence-corrected chi connectivity index (χ1v) is 10.4. The highest BCUT2D eigenvalue weighted by Gasteiger charge is 2.17. The molecule has 0 saturated heterocycles. The molecule has 0 aliphatic heterocycles. The van der Waals surface area contributed by atoms with Gasteiger partial charge in [-0.15, -0.1) is 0 Å². The average molecular weight is 448 g/mol. The molecule has 0 atom stereocenters. The molecule has 0 spiro atoms. The van der Waals surface area contributed by atoms with Crippen molar-refractivity contribution in [2.45, 2.75) is 13.3 Å². The highest BCUT2D eigenvalue weighted by Crippen LogP contribution is 2.25. The van der Waals surface area contributed by atoms with Crippen LogP contribution in [0.1, 0.15) is 18.9 Å². The third-order valence-electron chi connectivity index (χ3n) is 4.62. The second kappa shape index (κ2) is 11.5. The van der Waals surface area contributed by atoms with Gasteiger partial charge in [0.05, 0.1) is 7.11 Å². The van der Waals surface area contributed by atoms with Crippen LogP contribution in [0.15, 0.2) is 59.0 Å². The van der Waals surface area contributed by atoms with E-state index in [9.17, 15) is 14.9 Å². The SMILES string of the molecule is CCOCCCNC(=O)C(C#N)=Cc1c(Oc2ccc(OC)cc2)nc2ccccn2c1=O. The molecule has 0 aliphatic rings. The van der Waals surface area contributed by atoms with E-state index >= 15 is 0 Å². The molecular formula is C24H24N4O5. The van der Waals surface area contributed by atoms with E-state index in [0.717, 1.165) is 0 Å². The summed E-state index contributed by atoms with van der Waals surface area (Å²) in [6, 6.07) is 13.7. The number of rotatable bonds is 10. The van der Waals surface area contributed by atoms with Crippen LogP contribution in [0.4, 0.5) is 0 Å². The van der Waals surface area contributed by atoms with Crippen molar-refractivity contribution in [2.75, 3.05) is 26.9 Å². The lowest BCUT2D eigenvalue weighted by Gasteiger charge is -2.11. The van der Waals surface area contributed by atoms with Crippen molar-refractivity contribution in [3.63, 3.8) is 0 Å². The topological polar surface area (TPSA) is 115 Å². The van der Waals surface area contributed by atoms with Gasteiger partial charge in [0.15, 0.2) is 0 Å². The first kappa shape index (κ1) is 23.5. The monoisotopic (exact) mass is 448 g/mol. The number of methoxy groups -OCH3 is 1. The van der Waals surface area contributed by atoms with Gasteiger partial charge < -0.3 is 19.5 Å². The van der Waals surface area contributed by atoms with E-state index in [-0.39, 0.29) is 17.0 Å². The number of ether oxygens (including phenoxy) is 3. The van der Waals surface area contributed by atoms with E-state index in [0.29, 0.717) is 43.3 Å². The van der Waals surface area contributed by atoms with Crippen LogP contribution >= 0.6 is 0 Å². The van der Waals surface area contributed by atoms with Crippen molar-refractivity contribution in [3.8, 4) is 23.4 Å². The Bertz CT molecular complexity index is 1240. The van der Waals surface area contributed by atoms with Crippen LogP contribution in [0.2, 0.25) is 0 Å². The zero-order valence-corrected chi connectivity index (χ0v) is 18.4. The maximum Gasteiger partial charge on any atom is 0.269 e. The van der Waals surface area contributed by atoms with Gasteiger partial charge in [-0.3, -0.25) is 14.0 Å². The smallest absolute Gasteiger partial charge is 0.269 e. The van der Waals surface area contributed by atoms with Crippen LogP contribution in [0.25, 0.3) is 11.7 Å². The van der Waals surface area contributed by atoms with E-state index in [4.69, 9.17) is 14.2 Å². The molecule has 3 rings (SSSR count).